The minimum absolute atomic E-state index is 0.714. The Hall–Kier alpha value is -2.57. The van der Waals surface area contributed by atoms with Crippen LogP contribution in [0.2, 0.25) is 0 Å². The smallest absolute Gasteiger partial charge is 0.0991 e. The number of likely N-dealkylation sites (N-methyl/N-ethyl adjacent to an activating group) is 1. The van der Waals surface area contributed by atoms with Gasteiger partial charge in [-0.1, -0.05) is 30.3 Å². The van der Waals surface area contributed by atoms with Gasteiger partial charge in [-0.3, -0.25) is 0 Å². The van der Waals surface area contributed by atoms with E-state index in [1.54, 1.807) is 0 Å². The molecule has 22 heavy (non-hydrogen) atoms. The summed E-state index contributed by atoms with van der Waals surface area (Å²) < 4.78 is 0. The largest absolute Gasteiger partial charge is 0.361 e. The van der Waals surface area contributed by atoms with E-state index in [2.05, 4.69) is 53.5 Å². The van der Waals surface area contributed by atoms with Crippen LogP contribution in [-0.4, -0.2) is 23.5 Å². The van der Waals surface area contributed by atoms with Gasteiger partial charge < -0.3 is 9.88 Å². The van der Waals surface area contributed by atoms with Crippen LogP contribution in [0.3, 0.4) is 0 Å². The Labute approximate surface area is 130 Å². The Balaban J connectivity index is 1.67. The normalized spacial score (nSPS) is 11.0. The van der Waals surface area contributed by atoms with Gasteiger partial charge in [0.25, 0.3) is 0 Å². The summed E-state index contributed by atoms with van der Waals surface area (Å²) >= 11 is 0. The average Bonchev–Trinajstić information content (AvgIpc) is 2.96. The number of hydrogen-bond donors (Lipinski definition) is 1. The molecular formula is C19H19N3. The first-order chi connectivity index (χ1) is 10.8. The highest BCUT2D eigenvalue weighted by atomic mass is 15.1. The molecule has 0 atom stereocenters. The third kappa shape index (κ3) is 3.19. The molecular weight excluding hydrogens is 270 g/mol. The quantitative estimate of drug-likeness (QED) is 0.778. The first-order valence-electron chi connectivity index (χ1n) is 7.49. The van der Waals surface area contributed by atoms with Crippen molar-refractivity contribution in [1.82, 2.24) is 9.88 Å². The maximum atomic E-state index is 9.04. The zero-order valence-electron chi connectivity index (χ0n) is 12.7. The molecule has 3 heteroatoms. The molecule has 0 aliphatic heterocycles. The van der Waals surface area contributed by atoms with Crippen molar-refractivity contribution in [2.45, 2.75) is 13.0 Å². The highest BCUT2D eigenvalue weighted by Crippen LogP contribution is 2.20. The minimum Gasteiger partial charge on any atom is -0.361 e. The Morgan fingerprint density at radius 2 is 1.95 bits per heavy atom. The molecule has 2 aromatic carbocycles. The molecule has 0 saturated carbocycles. The summed E-state index contributed by atoms with van der Waals surface area (Å²) in [4.78, 5) is 5.61. The zero-order chi connectivity index (χ0) is 15.4. The lowest BCUT2D eigenvalue weighted by Gasteiger charge is -2.16. The summed E-state index contributed by atoms with van der Waals surface area (Å²) in [5.74, 6) is 0. The average molecular weight is 289 g/mol. The molecule has 0 amide bonds. The van der Waals surface area contributed by atoms with Gasteiger partial charge in [-0.2, -0.15) is 5.26 Å². The van der Waals surface area contributed by atoms with Crippen molar-refractivity contribution in [1.29, 1.82) is 5.26 Å². The number of H-pyrrole nitrogens is 1. The molecule has 0 spiro atoms. The summed E-state index contributed by atoms with van der Waals surface area (Å²) in [6.45, 7) is 1.94. The molecule has 110 valence electrons. The van der Waals surface area contributed by atoms with E-state index in [1.165, 1.54) is 11.1 Å². The molecule has 1 aromatic heterocycles. The monoisotopic (exact) mass is 289 g/mol. The van der Waals surface area contributed by atoms with E-state index >= 15 is 0 Å². The predicted molar refractivity (Wildman–Crippen MR) is 89.5 cm³/mol. The number of fused-ring (bicyclic) bond motifs is 1. The predicted octanol–water partition coefficient (Wildman–Crippen LogP) is 3.71. The third-order valence-corrected chi connectivity index (χ3v) is 3.95. The van der Waals surface area contributed by atoms with Gasteiger partial charge in [-0.05, 0) is 42.8 Å². The van der Waals surface area contributed by atoms with Gasteiger partial charge in [0.2, 0.25) is 0 Å². The van der Waals surface area contributed by atoms with Crippen LogP contribution in [0.1, 0.15) is 16.7 Å². The molecule has 1 heterocycles. The molecule has 3 rings (SSSR count). The van der Waals surface area contributed by atoms with Crippen molar-refractivity contribution < 1.29 is 0 Å². The van der Waals surface area contributed by atoms with Crippen LogP contribution in [0.25, 0.3) is 10.9 Å². The van der Waals surface area contributed by atoms with Gasteiger partial charge >= 0.3 is 0 Å². The molecule has 0 bridgehead atoms. The molecule has 0 aliphatic rings. The molecule has 0 fully saturated rings. The second-order valence-corrected chi connectivity index (χ2v) is 5.66. The van der Waals surface area contributed by atoms with Gasteiger partial charge in [0.05, 0.1) is 11.6 Å². The lowest BCUT2D eigenvalue weighted by molar-refractivity contribution is 0.331. The molecule has 1 N–H and O–H groups in total. The van der Waals surface area contributed by atoms with Crippen LogP contribution in [0.4, 0.5) is 0 Å². The number of aromatic amines is 1. The second kappa shape index (κ2) is 6.46. The molecule has 0 radical (unpaired) electrons. The van der Waals surface area contributed by atoms with Gasteiger partial charge in [-0.15, -0.1) is 0 Å². The van der Waals surface area contributed by atoms with Crippen LogP contribution in [-0.2, 0) is 13.0 Å². The number of rotatable bonds is 5. The van der Waals surface area contributed by atoms with E-state index in [0.29, 0.717) is 5.56 Å². The Morgan fingerprint density at radius 3 is 2.73 bits per heavy atom. The SMILES string of the molecule is CN(CCc1c[nH]c2ccc(C#N)cc12)Cc1ccccc1. The van der Waals surface area contributed by atoms with Crippen LogP contribution in [0, 0.1) is 11.3 Å². The van der Waals surface area contributed by atoms with Gasteiger partial charge in [-0.25, -0.2) is 0 Å². The Kier molecular flexibility index (Phi) is 4.22. The molecule has 0 unspecified atom stereocenters. The number of nitrogens with zero attached hydrogens (tertiary/aromatic N) is 2. The number of hydrogen-bond acceptors (Lipinski definition) is 2. The van der Waals surface area contributed by atoms with Crippen molar-refractivity contribution in [3.05, 3.63) is 71.4 Å². The van der Waals surface area contributed by atoms with Crippen molar-refractivity contribution in [3.8, 4) is 6.07 Å². The first-order valence-corrected chi connectivity index (χ1v) is 7.49. The minimum atomic E-state index is 0.714. The van der Waals surface area contributed by atoms with Gasteiger partial charge in [0.15, 0.2) is 0 Å². The molecule has 3 aromatic rings. The lowest BCUT2D eigenvalue weighted by atomic mass is 10.1. The number of nitriles is 1. The van der Waals surface area contributed by atoms with Crippen LogP contribution < -0.4 is 0 Å². The summed E-state index contributed by atoms with van der Waals surface area (Å²) in [5.41, 5.74) is 4.41. The van der Waals surface area contributed by atoms with Crippen molar-refractivity contribution in [2.75, 3.05) is 13.6 Å². The standard InChI is InChI=1S/C19H19N3/c1-22(14-15-5-3-2-4-6-15)10-9-17-13-21-19-8-7-16(12-20)11-18(17)19/h2-8,11,13,21H,9-10,14H2,1H3. The highest BCUT2D eigenvalue weighted by molar-refractivity contribution is 5.84. The second-order valence-electron chi connectivity index (χ2n) is 5.66. The van der Waals surface area contributed by atoms with E-state index in [1.807, 2.05) is 24.3 Å². The molecule has 0 saturated heterocycles. The van der Waals surface area contributed by atoms with Crippen molar-refractivity contribution in [3.63, 3.8) is 0 Å². The van der Waals surface area contributed by atoms with Crippen molar-refractivity contribution >= 4 is 10.9 Å². The summed E-state index contributed by atoms with van der Waals surface area (Å²) in [6, 6.07) is 18.5. The molecule has 3 nitrogen and oxygen atoms in total. The van der Waals surface area contributed by atoms with E-state index in [4.69, 9.17) is 5.26 Å². The van der Waals surface area contributed by atoms with Gasteiger partial charge in [0, 0.05) is 30.2 Å². The Bertz CT molecular complexity index is 796. The van der Waals surface area contributed by atoms with E-state index in [9.17, 15) is 0 Å². The van der Waals surface area contributed by atoms with E-state index in [-0.39, 0.29) is 0 Å². The maximum Gasteiger partial charge on any atom is 0.0991 e. The number of benzene rings is 2. The zero-order valence-corrected chi connectivity index (χ0v) is 12.7. The highest BCUT2D eigenvalue weighted by Gasteiger charge is 2.07. The maximum absolute atomic E-state index is 9.04. The summed E-state index contributed by atoms with van der Waals surface area (Å²) in [6.07, 6.45) is 3.03. The fraction of sp³-hybridized carbons (Fsp3) is 0.211. The Morgan fingerprint density at radius 1 is 1.14 bits per heavy atom. The first kappa shape index (κ1) is 14.4. The summed E-state index contributed by atoms with van der Waals surface area (Å²) in [7, 11) is 2.14. The van der Waals surface area contributed by atoms with Crippen LogP contribution >= 0.6 is 0 Å². The van der Waals surface area contributed by atoms with E-state index < -0.39 is 0 Å². The number of nitrogens with one attached hydrogen (secondary N) is 1. The van der Waals surface area contributed by atoms with E-state index in [0.717, 1.165) is 30.4 Å². The van der Waals surface area contributed by atoms with Crippen LogP contribution in [0.15, 0.2) is 54.7 Å². The van der Waals surface area contributed by atoms with Gasteiger partial charge in [0.1, 0.15) is 0 Å². The summed E-state index contributed by atoms with van der Waals surface area (Å²) in [5, 5.41) is 10.2. The van der Waals surface area contributed by atoms with Crippen LogP contribution in [0.5, 0.6) is 0 Å². The number of aromatic nitrogens is 1. The third-order valence-electron chi connectivity index (χ3n) is 3.95. The molecule has 0 aliphatic carbocycles. The fourth-order valence-corrected chi connectivity index (χ4v) is 2.74. The topological polar surface area (TPSA) is 42.8 Å². The lowest BCUT2D eigenvalue weighted by Crippen LogP contribution is -2.20. The fourth-order valence-electron chi connectivity index (χ4n) is 2.74. The van der Waals surface area contributed by atoms with Crippen molar-refractivity contribution in [2.24, 2.45) is 0 Å².